The summed E-state index contributed by atoms with van der Waals surface area (Å²) in [7, 11) is 0. The van der Waals surface area contributed by atoms with E-state index in [-0.39, 0.29) is 0 Å². The predicted octanol–water partition coefficient (Wildman–Crippen LogP) is 3.26. The quantitative estimate of drug-likeness (QED) is 0.371. The van der Waals surface area contributed by atoms with Gasteiger partial charge in [0.1, 0.15) is 0 Å². The molecule has 0 bridgehead atoms. The summed E-state index contributed by atoms with van der Waals surface area (Å²) < 4.78 is 3.23. The Morgan fingerprint density at radius 3 is 2.71 bits per heavy atom. The molecule has 152 valence electrons. The molecule has 28 heavy (non-hydrogen) atoms. The highest BCUT2D eigenvalue weighted by molar-refractivity contribution is 9.10. The van der Waals surface area contributed by atoms with Crippen molar-refractivity contribution in [3.63, 3.8) is 0 Å². The average Bonchev–Trinajstić information content (AvgIpc) is 3.22. The number of aliphatic imine (C=N–C) groups is 1. The Morgan fingerprint density at radius 2 is 2.04 bits per heavy atom. The van der Waals surface area contributed by atoms with Crippen molar-refractivity contribution in [1.82, 2.24) is 25.1 Å². The Balaban J connectivity index is 1.40. The SMILES string of the molecule is CCNC(=NCCCn1ccnc1)NC1CCN(Cc2ccc(Br)cc2)CC1. The topological polar surface area (TPSA) is 57.5 Å². The summed E-state index contributed by atoms with van der Waals surface area (Å²) in [5.74, 6) is 0.944. The van der Waals surface area contributed by atoms with E-state index in [1.54, 1.807) is 0 Å². The van der Waals surface area contributed by atoms with Crippen LogP contribution in [0.4, 0.5) is 0 Å². The number of rotatable bonds is 8. The minimum absolute atomic E-state index is 0.493. The summed E-state index contributed by atoms with van der Waals surface area (Å²) in [5, 5.41) is 7.01. The first kappa shape index (κ1) is 20.9. The zero-order valence-electron chi connectivity index (χ0n) is 16.6. The zero-order valence-corrected chi connectivity index (χ0v) is 18.2. The fraction of sp³-hybridized carbons (Fsp3) is 0.524. The van der Waals surface area contributed by atoms with E-state index in [4.69, 9.17) is 4.99 Å². The lowest BCUT2D eigenvalue weighted by molar-refractivity contribution is 0.198. The van der Waals surface area contributed by atoms with Crippen molar-refractivity contribution in [3.05, 3.63) is 53.0 Å². The third-order valence-electron chi connectivity index (χ3n) is 5.00. The van der Waals surface area contributed by atoms with Gasteiger partial charge in [-0.05, 0) is 43.9 Å². The summed E-state index contributed by atoms with van der Waals surface area (Å²) in [6, 6.07) is 9.14. The molecule has 0 radical (unpaired) electrons. The van der Waals surface area contributed by atoms with Gasteiger partial charge >= 0.3 is 0 Å². The number of hydrogen-bond acceptors (Lipinski definition) is 3. The maximum atomic E-state index is 4.74. The number of likely N-dealkylation sites (tertiary alicyclic amines) is 1. The molecule has 3 rings (SSSR count). The Kier molecular flexibility index (Phi) is 8.36. The molecule has 0 saturated carbocycles. The Bertz CT molecular complexity index is 705. The number of halogens is 1. The van der Waals surface area contributed by atoms with Crippen molar-refractivity contribution in [2.75, 3.05) is 26.2 Å². The molecule has 0 aliphatic carbocycles. The second-order valence-corrected chi connectivity index (χ2v) is 8.15. The number of imidazole rings is 1. The molecular weight excluding hydrogens is 416 g/mol. The van der Waals surface area contributed by atoms with Gasteiger partial charge in [0.05, 0.1) is 6.33 Å². The number of nitrogens with one attached hydrogen (secondary N) is 2. The number of benzene rings is 1. The first-order chi connectivity index (χ1) is 13.7. The van der Waals surface area contributed by atoms with E-state index in [9.17, 15) is 0 Å². The van der Waals surface area contributed by atoms with Crippen LogP contribution in [-0.2, 0) is 13.1 Å². The van der Waals surface area contributed by atoms with E-state index in [0.717, 1.165) is 69.0 Å². The van der Waals surface area contributed by atoms with Crippen molar-refractivity contribution < 1.29 is 0 Å². The Morgan fingerprint density at radius 1 is 1.25 bits per heavy atom. The fourth-order valence-electron chi connectivity index (χ4n) is 3.46. The van der Waals surface area contributed by atoms with E-state index >= 15 is 0 Å². The van der Waals surface area contributed by atoms with Gasteiger partial charge in [-0.25, -0.2) is 4.98 Å². The van der Waals surface area contributed by atoms with E-state index < -0.39 is 0 Å². The first-order valence-electron chi connectivity index (χ1n) is 10.2. The molecule has 0 spiro atoms. The van der Waals surface area contributed by atoms with Crippen molar-refractivity contribution in [2.24, 2.45) is 4.99 Å². The molecule has 0 atom stereocenters. The lowest BCUT2D eigenvalue weighted by Gasteiger charge is -2.33. The average molecular weight is 447 g/mol. The number of aromatic nitrogens is 2. The first-order valence-corrected chi connectivity index (χ1v) is 11.0. The van der Waals surface area contributed by atoms with Gasteiger partial charge < -0.3 is 15.2 Å². The van der Waals surface area contributed by atoms with Crippen LogP contribution in [0.2, 0.25) is 0 Å². The minimum Gasteiger partial charge on any atom is -0.357 e. The van der Waals surface area contributed by atoms with Crippen molar-refractivity contribution >= 4 is 21.9 Å². The van der Waals surface area contributed by atoms with E-state index in [1.807, 2.05) is 18.7 Å². The van der Waals surface area contributed by atoms with Gasteiger partial charge in [0.25, 0.3) is 0 Å². The summed E-state index contributed by atoms with van der Waals surface area (Å²) in [5.41, 5.74) is 1.38. The lowest BCUT2D eigenvalue weighted by atomic mass is 10.0. The minimum atomic E-state index is 0.493. The Hall–Kier alpha value is -1.86. The number of hydrogen-bond donors (Lipinski definition) is 2. The van der Waals surface area contributed by atoms with Gasteiger partial charge in [-0.3, -0.25) is 9.89 Å². The van der Waals surface area contributed by atoms with Crippen LogP contribution >= 0.6 is 15.9 Å². The van der Waals surface area contributed by atoms with Crippen LogP contribution in [-0.4, -0.2) is 52.6 Å². The molecule has 1 aliphatic heterocycles. The molecule has 1 aliphatic rings. The van der Waals surface area contributed by atoms with Crippen molar-refractivity contribution in [2.45, 2.75) is 45.3 Å². The molecular formula is C21H31BrN6. The molecule has 1 aromatic heterocycles. The molecule has 6 nitrogen and oxygen atoms in total. The zero-order chi connectivity index (χ0) is 19.6. The maximum absolute atomic E-state index is 4.74. The Labute approximate surface area is 176 Å². The lowest BCUT2D eigenvalue weighted by Crippen LogP contribution is -2.48. The molecule has 2 heterocycles. The summed E-state index contributed by atoms with van der Waals surface area (Å²) >= 11 is 3.50. The molecule has 0 unspecified atom stereocenters. The molecule has 2 aromatic rings. The molecule has 0 amide bonds. The summed E-state index contributed by atoms with van der Waals surface area (Å²) in [6.45, 7) is 8.04. The van der Waals surface area contributed by atoms with Crippen LogP contribution in [0.5, 0.6) is 0 Å². The molecule has 7 heteroatoms. The third-order valence-corrected chi connectivity index (χ3v) is 5.52. The highest BCUT2D eigenvalue weighted by Gasteiger charge is 2.20. The van der Waals surface area contributed by atoms with Gasteiger partial charge in [-0.15, -0.1) is 0 Å². The molecule has 1 aromatic carbocycles. The largest absolute Gasteiger partial charge is 0.357 e. The van der Waals surface area contributed by atoms with Crippen LogP contribution in [0, 0.1) is 0 Å². The smallest absolute Gasteiger partial charge is 0.191 e. The van der Waals surface area contributed by atoms with Crippen LogP contribution < -0.4 is 10.6 Å². The highest BCUT2D eigenvalue weighted by Crippen LogP contribution is 2.16. The van der Waals surface area contributed by atoms with Gasteiger partial charge in [0.15, 0.2) is 5.96 Å². The van der Waals surface area contributed by atoms with Crippen molar-refractivity contribution in [1.29, 1.82) is 0 Å². The summed E-state index contributed by atoms with van der Waals surface area (Å²) in [6.07, 6.45) is 8.98. The van der Waals surface area contributed by atoms with E-state index in [0.29, 0.717) is 6.04 Å². The van der Waals surface area contributed by atoms with E-state index in [2.05, 4.69) is 72.2 Å². The normalized spacial score (nSPS) is 16.3. The molecule has 1 saturated heterocycles. The fourth-order valence-corrected chi connectivity index (χ4v) is 3.72. The van der Waals surface area contributed by atoms with Gasteiger partial charge in [-0.2, -0.15) is 0 Å². The van der Waals surface area contributed by atoms with Gasteiger partial charge in [-0.1, -0.05) is 28.1 Å². The molecule has 1 fully saturated rings. The summed E-state index contributed by atoms with van der Waals surface area (Å²) in [4.78, 5) is 11.4. The number of nitrogens with zero attached hydrogens (tertiary/aromatic N) is 4. The van der Waals surface area contributed by atoms with Crippen LogP contribution in [0.15, 0.2) is 52.5 Å². The standard InChI is InChI=1S/C21H31BrN6/c1-2-24-21(25-10-3-12-28-15-11-23-17-28)26-20-8-13-27(14-9-20)16-18-4-6-19(22)7-5-18/h4-7,11,15,17,20H,2-3,8-10,12-14,16H2,1H3,(H2,24,25,26). The number of aryl methyl sites for hydroxylation is 1. The second-order valence-electron chi connectivity index (χ2n) is 7.24. The van der Waals surface area contributed by atoms with Crippen LogP contribution in [0.3, 0.4) is 0 Å². The molecule has 2 N–H and O–H groups in total. The second kappa shape index (κ2) is 11.2. The third kappa shape index (κ3) is 6.95. The van der Waals surface area contributed by atoms with Crippen LogP contribution in [0.1, 0.15) is 31.7 Å². The number of guanidine groups is 1. The highest BCUT2D eigenvalue weighted by atomic mass is 79.9. The number of piperidine rings is 1. The predicted molar refractivity (Wildman–Crippen MR) is 118 cm³/mol. The monoisotopic (exact) mass is 446 g/mol. The van der Waals surface area contributed by atoms with E-state index in [1.165, 1.54) is 5.56 Å². The van der Waals surface area contributed by atoms with Crippen LogP contribution in [0.25, 0.3) is 0 Å². The van der Waals surface area contributed by atoms with Crippen molar-refractivity contribution in [3.8, 4) is 0 Å². The van der Waals surface area contributed by atoms with Gasteiger partial charge in [0.2, 0.25) is 0 Å². The van der Waals surface area contributed by atoms with Gasteiger partial charge in [0, 0.05) is 62.2 Å². The maximum Gasteiger partial charge on any atom is 0.191 e.